The summed E-state index contributed by atoms with van der Waals surface area (Å²) < 4.78 is 1.26. The van der Waals surface area contributed by atoms with Gasteiger partial charge in [-0.2, -0.15) is 0 Å². The fourth-order valence-electron chi connectivity index (χ4n) is 7.38. The van der Waals surface area contributed by atoms with Crippen LogP contribution >= 0.6 is 11.3 Å². The highest BCUT2D eigenvalue weighted by Crippen LogP contribution is 2.49. The Labute approximate surface area is 282 Å². The van der Waals surface area contributed by atoms with Gasteiger partial charge in [-0.15, -0.1) is 11.3 Å². The summed E-state index contributed by atoms with van der Waals surface area (Å²) in [5, 5.41) is 5.08. The maximum absolute atomic E-state index is 5.28. The Morgan fingerprint density at radius 2 is 1.12 bits per heavy atom. The van der Waals surface area contributed by atoms with Crippen LogP contribution in [0, 0.1) is 0 Å². The molecule has 1 aliphatic carbocycles. The van der Waals surface area contributed by atoms with E-state index in [0.717, 1.165) is 22.0 Å². The maximum Gasteiger partial charge on any atom is 0.139 e. The standard InChI is InChI=1S/C45H28N2S/c1-2-10-29(11-3-1)31-12-8-14-35(27-31)47(43-25-24-40-38-17-6-7-19-42(38)48-45(40)46-43)34-22-20-30(21-23-34)33-26-32-13-9-18-39-36-15-4-5-16-37(36)41(28-33)44(32)39/h1-28H. The summed E-state index contributed by atoms with van der Waals surface area (Å²) in [5.74, 6) is 0.898. The number of nitrogens with zero attached hydrogens (tertiary/aromatic N) is 2. The second kappa shape index (κ2) is 10.8. The van der Waals surface area contributed by atoms with Gasteiger partial charge >= 0.3 is 0 Å². The number of fused-ring (bicyclic) bond motifs is 6. The first-order valence-electron chi connectivity index (χ1n) is 16.3. The minimum Gasteiger partial charge on any atom is -0.295 e. The predicted octanol–water partition coefficient (Wildman–Crippen LogP) is 13.1. The Bertz CT molecular complexity index is 2670. The lowest BCUT2D eigenvalue weighted by molar-refractivity contribution is 1.21. The summed E-state index contributed by atoms with van der Waals surface area (Å²) in [5.41, 5.74) is 12.2. The Morgan fingerprint density at radius 1 is 0.417 bits per heavy atom. The summed E-state index contributed by atoms with van der Waals surface area (Å²) in [4.78, 5) is 8.60. The Balaban J connectivity index is 1.10. The van der Waals surface area contributed by atoms with Gasteiger partial charge < -0.3 is 0 Å². The normalized spacial score (nSPS) is 11.8. The van der Waals surface area contributed by atoms with Crippen LogP contribution in [0.1, 0.15) is 0 Å². The van der Waals surface area contributed by atoms with E-state index >= 15 is 0 Å². The molecule has 2 nitrogen and oxygen atoms in total. The van der Waals surface area contributed by atoms with Crippen LogP contribution in [0.2, 0.25) is 0 Å². The zero-order valence-corrected chi connectivity index (χ0v) is 26.8. The number of aromatic nitrogens is 1. The summed E-state index contributed by atoms with van der Waals surface area (Å²) in [6.45, 7) is 0. The Hall–Kier alpha value is -6.03. The van der Waals surface area contributed by atoms with E-state index < -0.39 is 0 Å². The largest absolute Gasteiger partial charge is 0.295 e. The highest BCUT2D eigenvalue weighted by atomic mass is 32.1. The molecule has 0 aliphatic heterocycles. The van der Waals surface area contributed by atoms with Crippen LogP contribution < -0.4 is 4.90 Å². The van der Waals surface area contributed by atoms with Crippen molar-refractivity contribution in [1.82, 2.24) is 4.98 Å². The Kier molecular flexibility index (Phi) is 6.08. The van der Waals surface area contributed by atoms with E-state index in [9.17, 15) is 0 Å². The van der Waals surface area contributed by atoms with E-state index in [0.29, 0.717) is 0 Å². The van der Waals surface area contributed by atoms with Gasteiger partial charge in [-0.1, -0.05) is 115 Å². The molecule has 9 aromatic rings. The SMILES string of the molecule is c1ccc(-c2cccc(N(c3ccc(-c4cc5c6c(cccc6c4)-c4ccccc4-5)cc3)c3ccc4c(n3)sc3ccccc34)c2)cc1. The summed E-state index contributed by atoms with van der Waals surface area (Å²) >= 11 is 1.75. The van der Waals surface area contributed by atoms with Gasteiger partial charge in [-0.05, 0) is 110 Å². The molecule has 0 N–H and O–H groups in total. The number of hydrogen-bond acceptors (Lipinski definition) is 3. The molecule has 48 heavy (non-hydrogen) atoms. The second-order valence-corrected chi connectivity index (χ2v) is 13.4. The zero-order chi connectivity index (χ0) is 31.6. The van der Waals surface area contributed by atoms with E-state index in [1.807, 2.05) is 0 Å². The molecule has 0 unspecified atom stereocenters. The third kappa shape index (κ3) is 4.29. The smallest absolute Gasteiger partial charge is 0.139 e. The molecule has 0 spiro atoms. The van der Waals surface area contributed by atoms with Crippen LogP contribution in [0.4, 0.5) is 17.2 Å². The average Bonchev–Trinajstić information content (AvgIpc) is 3.69. The first kappa shape index (κ1) is 27.1. The number of benzene rings is 7. The van der Waals surface area contributed by atoms with Crippen molar-refractivity contribution < 1.29 is 0 Å². The fraction of sp³-hybridized carbons (Fsp3) is 0. The third-order valence-corrected chi connectivity index (χ3v) is 10.7. The average molecular weight is 629 g/mol. The molecule has 3 heteroatoms. The molecular weight excluding hydrogens is 601 g/mol. The first-order chi connectivity index (χ1) is 23.8. The van der Waals surface area contributed by atoms with Crippen molar-refractivity contribution in [1.29, 1.82) is 0 Å². The molecule has 10 rings (SSSR count). The van der Waals surface area contributed by atoms with Crippen LogP contribution in [0.3, 0.4) is 0 Å². The van der Waals surface area contributed by atoms with Gasteiger partial charge in [-0.3, -0.25) is 4.90 Å². The van der Waals surface area contributed by atoms with Crippen LogP contribution in [-0.2, 0) is 0 Å². The van der Waals surface area contributed by atoms with Gasteiger partial charge in [0.25, 0.3) is 0 Å². The number of hydrogen-bond donors (Lipinski definition) is 0. The van der Waals surface area contributed by atoms with Crippen molar-refractivity contribution in [3.05, 3.63) is 170 Å². The zero-order valence-electron chi connectivity index (χ0n) is 26.0. The van der Waals surface area contributed by atoms with Crippen molar-refractivity contribution in [3.63, 3.8) is 0 Å². The van der Waals surface area contributed by atoms with Crippen molar-refractivity contribution >= 4 is 59.6 Å². The van der Waals surface area contributed by atoms with E-state index in [-0.39, 0.29) is 0 Å². The molecule has 1 aliphatic rings. The molecular formula is C45H28N2S. The topological polar surface area (TPSA) is 16.1 Å². The van der Waals surface area contributed by atoms with Crippen molar-refractivity contribution in [3.8, 4) is 44.5 Å². The lowest BCUT2D eigenvalue weighted by Gasteiger charge is -2.25. The number of thiophene rings is 1. The van der Waals surface area contributed by atoms with Gasteiger partial charge in [0.05, 0.1) is 0 Å². The monoisotopic (exact) mass is 628 g/mol. The highest BCUT2D eigenvalue weighted by molar-refractivity contribution is 7.25. The van der Waals surface area contributed by atoms with Crippen LogP contribution in [-0.4, -0.2) is 4.98 Å². The van der Waals surface area contributed by atoms with Gasteiger partial charge in [0.1, 0.15) is 10.6 Å². The molecule has 2 heterocycles. The van der Waals surface area contributed by atoms with Crippen molar-refractivity contribution in [2.24, 2.45) is 0 Å². The summed E-state index contributed by atoms with van der Waals surface area (Å²) in [6, 6.07) is 61.4. The molecule has 224 valence electrons. The van der Waals surface area contributed by atoms with Gasteiger partial charge in [0.2, 0.25) is 0 Å². The van der Waals surface area contributed by atoms with Gasteiger partial charge in [0.15, 0.2) is 0 Å². The molecule has 0 fully saturated rings. The number of anilines is 3. The van der Waals surface area contributed by atoms with Crippen molar-refractivity contribution in [2.75, 3.05) is 4.90 Å². The molecule has 2 aromatic heterocycles. The molecule has 0 amide bonds. The molecule has 0 saturated carbocycles. The van der Waals surface area contributed by atoms with E-state index in [1.165, 1.54) is 70.8 Å². The molecule has 0 atom stereocenters. The van der Waals surface area contributed by atoms with E-state index in [1.54, 1.807) is 11.3 Å². The fourth-order valence-corrected chi connectivity index (χ4v) is 8.45. The predicted molar refractivity (Wildman–Crippen MR) is 205 cm³/mol. The highest BCUT2D eigenvalue weighted by Gasteiger charge is 2.22. The summed E-state index contributed by atoms with van der Waals surface area (Å²) in [7, 11) is 0. The third-order valence-electron chi connectivity index (χ3n) is 9.61. The second-order valence-electron chi connectivity index (χ2n) is 12.4. The maximum atomic E-state index is 5.28. The van der Waals surface area contributed by atoms with Crippen LogP contribution in [0.15, 0.2) is 170 Å². The Morgan fingerprint density at radius 3 is 2.00 bits per heavy atom. The lowest BCUT2D eigenvalue weighted by Crippen LogP contribution is -2.11. The lowest BCUT2D eigenvalue weighted by atomic mass is 9.96. The minimum atomic E-state index is 0.898. The van der Waals surface area contributed by atoms with Gasteiger partial charge in [-0.25, -0.2) is 4.98 Å². The quantitative estimate of drug-likeness (QED) is 0.188. The summed E-state index contributed by atoms with van der Waals surface area (Å²) in [6.07, 6.45) is 0. The number of pyridine rings is 1. The van der Waals surface area contributed by atoms with Gasteiger partial charge in [0, 0.05) is 26.8 Å². The van der Waals surface area contributed by atoms with Crippen LogP contribution in [0.25, 0.3) is 75.6 Å². The molecule has 0 bridgehead atoms. The van der Waals surface area contributed by atoms with E-state index in [2.05, 4.69) is 175 Å². The molecule has 7 aromatic carbocycles. The first-order valence-corrected chi connectivity index (χ1v) is 17.1. The minimum absolute atomic E-state index is 0.898. The molecule has 0 radical (unpaired) electrons. The van der Waals surface area contributed by atoms with Crippen LogP contribution in [0.5, 0.6) is 0 Å². The van der Waals surface area contributed by atoms with Crippen molar-refractivity contribution in [2.45, 2.75) is 0 Å². The van der Waals surface area contributed by atoms with E-state index in [4.69, 9.17) is 4.98 Å². The molecule has 0 saturated heterocycles. The number of rotatable bonds is 5.